The number of carbonyl (C=O) groups is 2. The molecule has 2 fully saturated rings. The van der Waals surface area contributed by atoms with Gasteiger partial charge >= 0.3 is 0 Å². The van der Waals surface area contributed by atoms with E-state index in [2.05, 4.69) is 22.1 Å². The van der Waals surface area contributed by atoms with Gasteiger partial charge in [0.05, 0.1) is 35.9 Å². The molecule has 0 unspecified atom stereocenters. The second-order valence-corrected chi connectivity index (χ2v) is 10.5. The summed E-state index contributed by atoms with van der Waals surface area (Å²) in [5.41, 5.74) is 8.73. The van der Waals surface area contributed by atoms with Crippen molar-refractivity contribution in [3.05, 3.63) is 29.6 Å². The fourth-order valence-corrected chi connectivity index (χ4v) is 6.37. The fourth-order valence-electron chi connectivity index (χ4n) is 6.37. The highest BCUT2D eigenvalue weighted by atomic mass is 16.5. The van der Waals surface area contributed by atoms with Crippen LogP contribution in [0.1, 0.15) is 93.1 Å². The third-order valence-corrected chi connectivity index (χ3v) is 8.30. The molecule has 2 aromatic rings. The Morgan fingerprint density at radius 3 is 2.46 bits per heavy atom. The predicted octanol–water partition coefficient (Wildman–Crippen LogP) is 4.88. The first-order chi connectivity index (χ1) is 17.9. The van der Waals surface area contributed by atoms with E-state index in [1.54, 1.807) is 24.3 Å². The molecule has 0 saturated heterocycles. The van der Waals surface area contributed by atoms with Gasteiger partial charge in [-0.1, -0.05) is 39.0 Å². The van der Waals surface area contributed by atoms with Gasteiger partial charge in [0.2, 0.25) is 5.91 Å². The van der Waals surface area contributed by atoms with E-state index in [0.717, 1.165) is 62.0 Å². The number of carbonyl (C=O) groups excluding carboxylic acids is 2. The minimum Gasteiger partial charge on any atom is -0.493 e. The lowest BCUT2D eigenvalue weighted by molar-refractivity contribution is -0.120. The topological polar surface area (TPSA) is 114 Å². The Morgan fingerprint density at radius 2 is 1.81 bits per heavy atom. The van der Waals surface area contributed by atoms with Crippen LogP contribution in [-0.2, 0) is 4.79 Å². The summed E-state index contributed by atoms with van der Waals surface area (Å²) in [5.74, 6) is 1.40. The predicted molar refractivity (Wildman–Crippen MR) is 145 cm³/mol. The molecule has 3 heterocycles. The Hall–Kier alpha value is -3.36. The molecule has 198 valence electrons. The molecule has 2 amide bonds. The van der Waals surface area contributed by atoms with Gasteiger partial charge < -0.3 is 25.6 Å². The summed E-state index contributed by atoms with van der Waals surface area (Å²) in [7, 11) is 3.38. The molecular weight excluding hydrogens is 468 g/mol. The molecular formula is C28H38N6O3. The van der Waals surface area contributed by atoms with Crippen molar-refractivity contribution in [1.82, 2.24) is 9.97 Å². The summed E-state index contributed by atoms with van der Waals surface area (Å²) >= 11 is 0. The normalized spacial score (nSPS) is 20.7. The van der Waals surface area contributed by atoms with Crippen molar-refractivity contribution in [3.63, 3.8) is 0 Å². The van der Waals surface area contributed by atoms with Crippen LogP contribution in [0.5, 0.6) is 5.75 Å². The van der Waals surface area contributed by atoms with E-state index in [-0.39, 0.29) is 17.9 Å². The zero-order valence-electron chi connectivity index (χ0n) is 22.1. The van der Waals surface area contributed by atoms with Gasteiger partial charge in [0.25, 0.3) is 5.91 Å². The van der Waals surface area contributed by atoms with Crippen molar-refractivity contribution >= 4 is 34.8 Å². The highest BCUT2D eigenvalue weighted by Gasteiger charge is 2.40. The summed E-state index contributed by atoms with van der Waals surface area (Å²) in [6.07, 6.45) is 12.5. The molecule has 0 radical (unpaired) electrons. The van der Waals surface area contributed by atoms with Gasteiger partial charge in [-0.05, 0) is 38.2 Å². The Bertz CT molecular complexity index is 1170. The SMILES string of the molecule is CC[C@@H]1C(=O)N(C)c2cnc(Nc3nc(C4CCCCC4)c(C(N)=O)cc3OC)cc2N1C1CCCC1. The van der Waals surface area contributed by atoms with E-state index in [1.165, 1.54) is 19.3 Å². The molecule has 1 atom stereocenters. The summed E-state index contributed by atoms with van der Waals surface area (Å²) in [6, 6.07) is 3.88. The van der Waals surface area contributed by atoms with Gasteiger partial charge in [-0.2, -0.15) is 0 Å². The molecule has 2 aromatic heterocycles. The van der Waals surface area contributed by atoms with E-state index in [4.69, 9.17) is 15.5 Å². The van der Waals surface area contributed by atoms with Gasteiger partial charge in [-0.3, -0.25) is 9.59 Å². The highest BCUT2D eigenvalue weighted by molar-refractivity contribution is 6.05. The minimum absolute atomic E-state index is 0.118. The Morgan fingerprint density at radius 1 is 1.11 bits per heavy atom. The van der Waals surface area contributed by atoms with Crippen LogP contribution < -0.4 is 25.6 Å². The minimum atomic E-state index is -0.490. The maximum Gasteiger partial charge on any atom is 0.250 e. The second kappa shape index (κ2) is 10.6. The highest BCUT2D eigenvalue weighted by Crippen LogP contribution is 2.43. The molecule has 9 heteroatoms. The number of likely N-dealkylation sites (N-methyl/N-ethyl adjacent to an activating group) is 1. The van der Waals surface area contributed by atoms with Crippen LogP contribution in [-0.4, -0.2) is 48.0 Å². The molecule has 9 nitrogen and oxygen atoms in total. The van der Waals surface area contributed by atoms with E-state index in [9.17, 15) is 9.59 Å². The number of ether oxygens (including phenoxy) is 1. The molecule has 0 aromatic carbocycles. The number of rotatable bonds is 7. The molecule has 3 aliphatic rings. The Labute approximate surface area is 218 Å². The number of nitrogens with zero attached hydrogens (tertiary/aromatic N) is 4. The summed E-state index contributed by atoms with van der Waals surface area (Å²) < 4.78 is 5.61. The second-order valence-electron chi connectivity index (χ2n) is 10.5. The number of fused-ring (bicyclic) bond motifs is 1. The average molecular weight is 507 g/mol. The van der Waals surface area contributed by atoms with Crippen LogP contribution in [0, 0.1) is 0 Å². The van der Waals surface area contributed by atoms with E-state index >= 15 is 0 Å². The van der Waals surface area contributed by atoms with Crippen molar-refractivity contribution in [2.24, 2.45) is 5.73 Å². The maximum atomic E-state index is 13.2. The number of primary amides is 1. The molecule has 0 bridgehead atoms. The number of methoxy groups -OCH3 is 1. The largest absolute Gasteiger partial charge is 0.493 e. The van der Waals surface area contributed by atoms with Crippen LogP contribution in [0.3, 0.4) is 0 Å². The number of pyridine rings is 2. The molecule has 3 N–H and O–H groups in total. The van der Waals surface area contributed by atoms with Crippen LogP contribution in [0.15, 0.2) is 18.3 Å². The van der Waals surface area contributed by atoms with Crippen molar-refractivity contribution < 1.29 is 14.3 Å². The standard InChI is InChI=1S/C28H38N6O3/c1-4-20-28(36)33(2)22-16-30-24(15-21(22)34(20)18-12-8-9-13-18)31-27-23(37-3)14-19(26(29)35)25(32-27)17-10-6-5-7-11-17/h14-18,20H,4-13H2,1-3H3,(H2,29,35)(H,30,31,32)/t20-/m1/s1. The lowest BCUT2D eigenvalue weighted by Crippen LogP contribution is -2.55. The van der Waals surface area contributed by atoms with E-state index in [0.29, 0.717) is 29.0 Å². The first-order valence-electron chi connectivity index (χ1n) is 13.6. The third kappa shape index (κ3) is 4.71. The smallest absolute Gasteiger partial charge is 0.250 e. The zero-order valence-corrected chi connectivity index (χ0v) is 22.1. The number of aromatic nitrogens is 2. The van der Waals surface area contributed by atoms with Crippen LogP contribution in [0.2, 0.25) is 0 Å². The van der Waals surface area contributed by atoms with Gasteiger partial charge in [0.1, 0.15) is 11.9 Å². The van der Waals surface area contributed by atoms with Gasteiger partial charge in [0, 0.05) is 25.1 Å². The number of nitrogens with two attached hydrogens (primary N) is 1. The van der Waals surface area contributed by atoms with Crippen molar-refractivity contribution in [1.29, 1.82) is 0 Å². The number of amides is 2. The van der Waals surface area contributed by atoms with Gasteiger partial charge in [-0.25, -0.2) is 9.97 Å². The average Bonchev–Trinajstić information content (AvgIpc) is 3.45. The van der Waals surface area contributed by atoms with Crippen LogP contribution in [0.4, 0.5) is 23.0 Å². The number of hydrogen-bond donors (Lipinski definition) is 2. The fraction of sp³-hybridized carbons (Fsp3) is 0.571. The quantitative estimate of drug-likeness (QED) is 0.550. The molecule has 1 aliphatic heterocycles. The zero-order chi connectivity index (χ0) is 26.1. The van der Waals surface area contributed by atoms with Crippen LogP contribution in [0.25, 0.3) is 0 Å². The molecule has 2 aliphatic carbocycles. The van der Waals surface area contributed by atoms with Crippen LogP contribution >= 0.6 is 0 Å². The summed E-state index contributed by atoms with van der Waals surface area (Å²) in [4.78, 5) is 39.1. The third-order valence-electron chi connectivity index (χ3n) is 8.30. The van der Waals surface area contributed by atoms with Gasteiger partial charge in [0.15, 0.2) is 11.6 Å². The Balaban J connectivity index is 1.54. The molecule has 37 heavy (non-hydrogen) atoms. The molecule has 5 rings (SSSR count). The monoisotopic (exact) mass is 506 g/mol. The number of nitrogens with one attached hydrogen (secondary N) is 1. The first-order valence-corrected chi connectivity index (χ1v) is 13.6. The van der Waals surface area contributed by atoms with Crippen molar-refractivity contribution in [2.75, 3.05) is 29.3 Å². The van der Waals surface area contributed by atoms with Gasteiger partial charge in [-0.15, -0.1) is 0 Å². The van der Waals surface area contributed by atoms with Crippen molar-refractivity contribution in [3.8, 4) is 5.75 Å². The summed E-state index contributed by atoms with van der Waals surface area (Å²) in [6.45, 7) is 2.07. The van der Waals surface area contributed by atoms with E-state index < -0.39 is 5.91 Å². The Kier molecular flexibility index (Phi) is 7.22. The first kappa shape index (κ1) is 25.3. The maximum absolute atomic E-state index is 13.2. The lowest BCUT2D eigenvalue weighted by Gasteiger charge is -2.44. The number of anilines is 4. The lowest BCUT2D eigenvalue weighted by atomic mass is 9.85. The summed E-state index contributed by atoms with van der Waals surface area (Å²) in [5, 5.41) is 3.36. The molecule has 0 spiro atoms. The number of hydrogen-bond acceptors (Lipinski definition) is 7. The van der Waals surface area contributed by atoms with E-state index in [1.807, 2.05) is 13.1 Å². The molecule has 2 saturated carbocycles. The van der Waals surface area contributed by atoms with Crippen molar-refractivity contribution in [2.45, 2.75) is 89.1 Å².